The Hall–Kier alpha value is -2.07. The predicted octanol–water partition coefficient (Wildman–Crippen LogP) is 4.69. The van der Waals surface area contributed by atoms with Gasteiger partial charge in [0.1, 0.15) is 5.82 Å². The molecule has 0 spiro atoms. The van der Waals surface area contributed by atoms with Crippen LogP contribution < -0.4 is 15.2 Å². The standard InChI is InChI=1S/C21H28FNO2/c1-3-5-11-25-20-10-9-16(13-21(20)24-4-2)12-18(15-23)17-7-6-8-19(22)14-17/h6-10,13-14,18H,3-5,11-12,15,23H2,1-2H3. The van der Waals surface area contributed by atoms with Crippen molar-refractivity contribution < 1.29 is 13.9 Å². The maximum atomic E-state index is 13.5. The molecule has 25 heavy (non-hydrogen) atoms. The number of nitrogens with two attached hydrogens (primary N) is 1. The fraction of sp³-hybridized carbons (Fsp3) is 0.429. The van der Waals surface area contributed by atoms with Gasteiger partial charge in [0.05, 0.1) is 13.2 Å². The highest BCUT2D eigenvalue weighted by Gasteiger charge is 2.14. The van der Waals surface area contributed by atoms with Crippen LogP contribution >= 0.6 is 0 Å². The highest BCUT2D eigenvalue weighted by Crippen LogP contribution is 2.31. The molecule has 0 aliphatic rings. The molecule has 2 N–H and O–H groups in total. The SMILES string of the molecule is CCCCOc1ccc(CC(CN)c2cccc(F)c2)cc1OCC. The quantitative estimate of drug-likeness (QED) is 0.636. The number of benzene rings is 2. The summed E-state index contributed by atoms with van der Waals surface area (Å²) in [6.07, 6.45) is 2.84. The largest absolute Gasteiger partial charge is 0.490 e. The molecule has 0 aromatic heterocycles. The Morgan fingerprint density at radius 3 is 2.56 bits per heavy atom. The van der Waals surface area contributed by atoms with Crippen LogP contribution in [-0.4, -0.2) is 19.8 Å². The zero-order chi connectivity index (χ0) is 18.1. The highest BCUT2D eigenvalue weighted by atomic mass is 19.1. The first kappa shape index (κ1) is 19.3. The fourth-order valence-corrected chi connectivity index (χ4v) is 2.78. The van der Waals surface area contributed by atoms with Crippen LogP contribution in [0.5, 0.6) is 11.5 Å². The lowest BCUT2D eigenvalue weighted by Crippen LogP contribution is -2.15. The molecule has 4 heteroatoms. The molecule has 0 aliphatic carbocycles. The van der Waals surface area contributed by atoms with Crippen molar-refractivity contribution in [1.82, 2.24) is 0 Å². The molecule has 136 valence electrons. The summed E-state index contributed by atoms with van der Waals surface area (Å²) in [5.74, 6) is 1.36. The summed E-state index contributed by atoms with van der Waals surface area (Å²) in [7, 11) is 0. The zero-order valence-corrected chi connectivity index (χ0v) is 15.1. The van der Waals surface area contributed by atoms with E-state index in [1.165, 1.54) is 6.07 Å². The van der Waals surface area contributed by atoms with E-state index in [1.807, 2.05) is 31.2 Å². The minimum Gasteiger partial charge on any atom is -0.490 e. The summed E-state index contributed by atoms with van der Waals surface area (Å²) in [4.78, 5) is 0. The zero-order valence-electron chi connectivity index (χ0n) is 15.1. The van der Waals surface area contributed by atoms with Crippen LogP contribution in [0.1, 0.15) is 43.7 Å². The van der Waals surface area contributed by atoms with E-state index in [0.717, 1.165) is 41.9 Å². The molecule has 0 amide bonds. The van der Waals surface area contributed by atoms with Gasteiger partial charge in [-0.15, -0.1) is 0 Å². The van der Waals surface area contributed by atoms with Crippen LogP contribution in [0.25, 0.3) is 0 Å². The fourth-order valence-electron chi connectivity index (χ4n) is 2.78. The summed E-state index contributed by atoms with van der Waals surface area (Å²) in [6.45, 7) is 5.82. The number of hydrogen-bond acceptors (Lipinski definition) is 3. The van der Waals surface area contributed by atoms with Gasteiger partial charge in [0.25, 0.3) is 0 Å². The average Bonchev–Trinajstić information content (AvgIpc) is 2.61. The first-order chi connectivity index (χ1) is 12.2. The van der Waals surface area contributed by atoms with Crippen molar-refractivity contribution in [1.29, 1.82) is 0 Å². The average molecular weight is 345 g/mol. The smallest absolute Gasteiger partial charge is 0.161 e. The third-order valence-electron chi connectivity index (χ3n) is 4.15. The lowest BCUT2D eigenvalue weighted by atomic mass is 9.92. The molecular formula is C21H28FNO2. The van der Waals surface area contributed by atoms with Gasteiger partial charge in [-0.05, 0) is 61.7 Å². The van der Waals surface area contributed by atoms with Crippen molar-refractivity contribution in [2.75, 3.05) is 19.8 Å². The van der Waals surface area contributed by atoms with E-state index in [4.69, 9.17) is 15.2 Å². The number of halogens is 1. The molecule has 2 aromatic rings. The van der Waals surface area contributed by atoms with Gasteiger partial charge in [-0.3, -0.25) is 0 Å². The van der Waals surface area contributed by atoms with Crippen LogP contribution in [0, 0.1) is 5.82 Å². The third-order valence-corrected chi connectivity index (χ3v) is 4.15. The molecule has 0 saturated heterocycles. The molecule has 0 aliphatic heterocycles. The molecule has 0 bridgehead atoms. The third kappa shape index (κ3) is 5.75. The maximum absolute atomic E-state index is 13.5. The minimum absolute atomic E-state index is 0.0667. The topological polar surface area (TPSA) is 44.5 Å². The molecule has 2 aromatic carbocycles. The van der Waals surface area contributed by atoms with E-state index in [-0.39, 0.29) is 11.7 Å². The Bertz CT molecular complexity index is 660. The van der Waals surface area contributed by atoms with Gasteiger partial charge in [0.2, 0.25) is 0 Å². The summed E-state index contributed by atoms with van der Waals surface area (Å²) in [5, 5.41) is 0. The van der Waals surface area contributed by atoms with Gasteiger partial charge in [0, 0.05) is 5.92 Å². The van der Waals surface area contributed by atoms with Crippen molar-refractivity contribution in [3.63, 3.8) is 0 Å². The second-order valence-electron chi connectivity index (χ2n) is 6.11. The molecule has 0 saturated carbocycles. The van der Waals surface area contributed by atoms with Crippen LogP contribution in [0.2, 0.25) is 0 Å². The van der Waals surface area contributed by atoms with Crippen molar-refractivity contribution in [3.05, 3.63) is 59.4 Å². The second-order valence-corrected chi connectivity index (χ2v) is 6.11. The van der Waals surface area contributed by atoms with Crippen LogP contribution in [-0.2, 0) is 6.42 Å². The summed E-state index contributed by atoms with van der Waals surface area (Å²) >= 11 is 0. The van der Waals surface area contributed by atoms with E-state index < -0.39 is 0 Å². The van der Waals surface area contributed by atoms with Gasteiger partial charge in [-0.1, -0.05) is 31.5 Å². The van der Waals surface area contributed by atoms with E-state index >= 15 is 0 Å². The van der Waals surface area contributed by atoms with E-state index in [9.17, 15) is 4.39 Å². The second kappa shape index (κ2) is 10.0. The molecule has 0 radical (unpaired) electrons. The Morgan fingerprint density at radius 2 is 1.88 bits per heavy atom. The molecule has 0 heterocycles. The Labute approximate surface area is 150 Å². The van der Waals surface area contributed by atoms with Gasteiger partial charge in [0.15, 0.2) is 11.5 Å². The molecular weight excluding hydrogens is 317 g/mol. The van der Waals surface area contributed by atoms with Crippen molar-refractivity contribution in [2.24, 2.45) is 5.73 Å². The van der Waals surface area contributed by atoms with E-state index in [2.05, 4.69) is 6.92 Å². The van der Waals surface area contributed by atoms with Crippen molar-refractivity contribution >= 4 is 0 Å². The van der Waals surface area contributed by atoms with Crippen LogP contribution in [0.3, 0.4) is 0 Å². The summed E-state index contributed by atoms with van der Waals surface area (Å²) in [5.41, 5.74) is 7.95. The van der Waals surface area contributed by atoms with Gasteiger partial charge >= 0.3 is 0 Å². The van der Waals surface area contributed by atoms with Crippen molar-refractivity contribution in [2.45, 2.75) is 39.0 Å². The molecule has 0 fully saturated rings. The number of rotatable bonds is 10. The van der Waals surface area contributed by atoms with Gasteiger partial charge < -0.3 is 15.2 Å². The van der Waals surface area contributed by atoms with Gasteiger partial charge in [-0.25, -0.2) is 4.39 Å². The Kier molecular flexibility index (Phi) is 7.74. The number of hydrogen-bond donors (Lipinski definition) is 1. The first-order valence-corrected chi connectivity index (χ1v) is 9.02. The highest BCUT2D eigenvalue weighted by molar-refractivity contribution is 5.43. The van der Waals surface area contributed by atoms with Crippen molar-refractivity contribution in [3.8, 4) is 11.5 Å². The van der Waals surface area contributed by atoms with Gasteiger partial charge in [-0.2, -0.15) is 0 Å². The molecule has 3 nitrogen and oxygen atoms in total. The summed E-state index contributed by atoms with van der Waals surface area (Å²) in [6, 6.07) is 12.7. The molecule has 2 rings (SSSR count). The normalized spacial score (nSPS) is 12.0. The maximum Gasteiger partial charge on any atom is 0.161 e. The first-order valence-electron chi connectivity index (χ1n) is 9.02. The molecule has 1 unspecified atom stereocenters. The van der Waals surface area contributed by atoms with Crippen LogP contribution in [0.15, 0.2) is 42.5 Å². The Morgan fingerprint density at radius 1 is 1.04 bits per heavy atom. The lowest BCUT2D eigenvalue weighted by molar-refractivity contribution is 0.272. The monoisotopic (exact) mass is 345 g/mol. The number of ether oxygens (including phenoxy) is 2. The minimum atomic E-state index is -0.231. The summed E-state index contributed by atoms with van der Waals surface area (Å²) < 4.78 is 25.0. The van der Waals surface area contributed by atoms with Crippen LogP contribution in [0.4, 0.5) is 4.39 Å². The van der Waals surface area contributed by atoms with E-state index in [0.29, 0.717) is 19.8 Å². The molecule has 1 atom stereocenters. The Balaban J connectivity index is 2.15. The predicted molar refractivity (Wildman–Crippen MR) is 99.9 cm³/mol. The number of unbranched alkanes of at least 4 members (excludes halogenated alkanes) is 1. The van der Waals surface area contributed by atoms with E-state index in [1.54, 1.807) is 12.1 Å². The lowest BCUT2D eigenvalue weighted by Gasteiger charge is -2.17.